The molecule has 0 saturated heterocycles. The van der Waals surface area contributed by atoms with Crippen LogP contribution in [0.15, 0.2) is 53.1 Å². The average Bonchev–Trinajstić information content (AvgIpc) is 3.03. The van der Waals surface area contributed by atoms with Gasteiger partial charge in [-0.1, -0.05) is 29.4 Å². The molecule has 0 unspecified atom stereocenters. The molecule has 1 N–H and O–H groups in total. The molecule has 3 aromatic rings. The number of nitrogens with one attached hydrogen (secondary N) is 1. The Morgan fingerprint density at radius 1 is 0.955 bits per heavy atom. The molecule has 6 nitrogen and oxygen atoms in total. The Kier molecular flexibility index (Phi) is 3.91. The van der Waals surface area contributed by atoms with Crippen molar-refractivity contribution in [2.24, 2.45) is 0 Å². The molecule has 0 radical (unpaired) electrons. The zero-order chi connectivity index (χ0) is 15.4. The molecule has 2 aromatic carbocycles. The van der Waals surface area contributed by atoms with Gasteiger partial charge in [0, 0.05) is 5.69 Å². The van der Waals surface area contributed by atoms with Crippen LogP contribution in [0.25, 0.3) is 11.4 Å². The fourth-order valence-electron chi connectivity index (χ4n) is 2.09. The highest BCUT2D eigenvalue weighted by Crippen LogP contribution is 2.36. The minimum atomic E-state index is 0.311. The van der Waals surface area contributed by atoms with E-state index in [1.165, 1.54) is 0 Å². The van der Waals surface area contributed by atoms with E-state index >= 15 is 0 Å². The monoisotopic (exact) mass is 297 g/mol. The van der Waals surface area contributed by atoms with E-state index in [1.54, 1.807) is 14.2 Å². The summed E-state index contributed by atoms with van der Waals surface area (Å²) in [5, 5.41) is 7.03. The number of hydrogen-bond donors (Lipinski definition) is 1. The lowest BCUT2D eigenvalue weighted by molar-refractivity contribution is 0.355. The summed E-state index contributed by atoms with van der Waals surface area (Å²) < 4.78 is 15.9. The second-order valence-corrected chi connectivity index (χ2v) is 4.46. The summed E-state index contributed by atoms with van der Waals surface area (Å²) in [7, 11) is 3.16. The van der Waals surface area contributed by atoms with Gasteiger partial charge in [0.25, 0.3) is 0 Å². The molecule has 0 amide bonds. The van der Waals surface area contributed by atoms with Crippen molar-refractivity contribution in [3.63, 3.8) is 0 Å². The lowest BCUT2D eigenvalue weighted by Gasteiger charge is -2.09. The largest absolute Gasteiger partial charge is 0.493 e. The Morgan fingerprint density at radius 2 is 1.77 bits per heavy atom. The van der Waals surface area contributed by atoms with Gasteiger partial charge in [-0.3, -0.25) is 0 Å². The van der Waals surface area contributed by atoms with Gasteiger partial charge >= 0.3 is 6.01 Å². The Morgan fingerprint density at radius 3 is 2.50 bits per heavy atom. The molecule has 0 saturated carbocycles. The molecule has 0 aliphatic rings. The second-order valence-electron chi connectivity index (χ2n) is 4.46. The maximum atomic E-state index is 5.38. The summed E-state index contributed by atoms with van der Waals surface area (Å²) in [6.07, 6.45) is 0. The van der Waals surface area contributed by atoms with E-state index in [2.05, 4.69) is 15.5 Å². The molecular formula is C16H15N3O3. The van der Waals surface area contributed by atoms with Crippen LogP contribution in [0.3, 0.4) is 0 Å². The van der Waals surface area contributed by atoms with Gasteiger partial charge < -0.3 is 19.3 Å². The summed E-state index contributed by atoms with van der Waals surface area (Å²) in [4.78, 5) is 4.34. The molecule has 0 atom stereocenters. The number of hydrogen-bond acceptors (Lipinski definition) is 6. The minimum Gasteiger partial charge on any atom is -0.493 e. The third kappa shape index (κ3) is 2.71. The van der Waals surface area contributed by atoms with Crippen LogP contribution in [0.5, 0.6) is 11.5 Å². The van der Waals surface area contributed by atoms with Crippen LogP contribution in [0.4, 0.5) is 11.7 Å². The first kappa shape index (κ1) is 13.9. The lowest BCUT2D eigenvalue weighted by atomic mass is 10.2. The highest BCUT2D eigenvalue weighted by Gasteiger charge is 2.16. The molecule has 3 rings (SSSR count). The van der Waals surface area contributed by atoms with Crippen molar-refractivity contribution >= 4 is 11.7 Å². The summed E-state index contributed by atoms with van der Waals surface area (Å²) in [6, 6.07) is 15.4. The summed E-state index contributed by atoms with van der Waals surface area (Å²) in [6.45, 7) is 0. The highest BCUT2D eigenvalue weighted by molar-refractivity contribution is 5.69. The molecule has 0 bridgehead atoms. The number of methoxy groups -OCH3 is 2. The molecule has 0 aliphatic carbocycles. The van der Waals surface area contributed by atoms with Crippen LogP contribution < -0.4 is 14.8 Å². The van der Waals surface area contributed by atoms with Crippen LogP contribution in [-0.2, 0) is 0 Å². The van der Waals surface area contributed by atoms with Crippen LogP contribution in [-0.4, -0.2) is 24.4 Å². The van der Waals surface area contributed by atoms with E-state index in [0.29, 0.717) is 28.9 Å². The highest BCUT2D eigenvalue weighted by atomic mass is 16.5. The maximum absolute atomic E-state index is 5.38. The number of benzene rings is 2. The van der Waals surface area contributed by atoms with Crippen LogP contribution in [0.2, 0.25) is 0 Å². The number of aromatic nitrogens is 2. The van der Waals surface area contributed by atoms with Gasteiger partial charge in [-0.2, -0.15) is 4.98 Å². The van der Waals surface area contributed by atoms with Crippen LogP contribution in [0.1, 0.15) is 0 Å². The Labute approximate surface area is 127 Å². The van der Waals surface area contributed by atoms with Crippen molar-refractivity contribution in [1.29, 1.82) is 0 Å². The zero-order valence-corrected chi connectivity index (χ0v) is 12.2. The summed E-state index contributed by atoms with van der Waals surface area (Å²) in [5.41, 5.74) is 1.57. The lowest BCUT2D eigenvalue weighted by Crippen LogP contribution is -1.94. The predicted octanol–water partition coefficient (Wildman–Crippen LogP) is 3.50. The fraction of sp³-hybridized carbons (Fsp3) is 0.125. The van der Waals surface area contributed by atoms with Crippen LogP contribution in [0, 0.1) is 0 Å². The minimum absolute atomic E-state index is 0.311. The van der Waals surface area contributed by atoms with Crippen molar-refractivity contribution < 1.29 is 14.0 Å². The van der Waals surface area contributed by atoms with E-state index < -0.39 is 0 Å². The van der Waals surface area contributed by atoms with Gasteiger partial charge in [-0.25, -0.2) is 0 Å². The standard InChI is InChI=1S/C16H15N3O3/c1-20-13-10-6-9-12(14(13)21-2)15-18-16(22-19-15)17-11-7-4-3-5-8-11/h3-10H,1-2H3,(H,17,18,19). The van der Waals surface area contributed by atoms with Gasteiger partial charge in [0.1, 0.15) is 0 Å². The van der Waals surface area contributed by atoms with E-state index in [4.69, 9.17) is 14.0 Å². The smallest absolute Gasteiger partial charge is 0.326 e. The molecule has 0 spiro atoms. The molecule has 6 heteroatoms. The summed E-state index contributed by atoms with van der Waals surface area (Å²) >= 11 is 0. The van der Waals surface area contributed by atoms with E-state index in [0.717, 1.165) is 5.69 Å². The fourth-order valence-corrected chi connectivity index (χ4v) is 2.09. The average molecular weight is 297 g/mol. The Bertz CT molecular complexity index is 756. The number of ether oxygens (including phenoxy) is 2. The van der Waals surface area contributed by atoms with Gasteiger partial charge in [0.2, 0.25) is 5.82 Å². The van der Waals surface area contributed by atoms with Crippen LogP contribution >= 0.6 is 0 Å². The van der Waals surface area contributed by atoms with Crippen molar-refractivity contribution in [2.45, 2.75) is 0 Å². The van der Waals surface area contributed by atoms with Gasteiger partial charge in [-0.05, 0) is 24.3 Å². The normalized spacial score (nSPS) is 10.3. The molecular weight excluding hydrogens is 282 g/mol. The van der Waals surface area contributed by atoms with Gasteiger partial charge in [0.05, 0.1) is 19.8 Å². The summed E-state index contributed by atoms with van der Waals surface area (Å²) in [5.74, 6) is 1.61. The SMILES string of the molecule is COc1cccc(-c2noc(Nc3ccccc3)n2)c1OC. The Balaban J connectivity index is 1.91. The number of para-hydroxylation sites is 2. The maximum Gasteiger partial charge on any atom is 0.326 e. The topological polar surface area (TPSA) is 69.4 Å². The molecule has 1 heterocycles. The van der Waals surface area contributed by atoms with E-state index in [1.807, 2.05) is 48.5 Å². The number of anilines is 2. The molecule has 1 aromatic heterocycles. The zero-order valence-electron chi connectivity index (χ0n) is 12.2. The van der Waals surface area contributed by atoms with Crippen molar-refractivity contribution in [3.8, 4) is 22.9 Å². The van der Waals surface area contributed by atoms with Gasteiger partial charge in [0.15, 0.2) is 11.5 Å². The van der Waals surface area contributed by atoms with E-state index in [-0.39, 0.29) is 0 Å². The Hall–Kier alpha value is -3.02. The molecule has 0 fully saturated rings. The quantitative estimate of drug-likeness (QED) is 0.777. The van der Waals surface area contributed by atoms with E-state index in [9.17, 15) is 0 Å². The second kappa shape index (κ2) is 6.17. The van der Waals surface area contributed by atoms with Gasteiger partial charge in [-0.15, -0.1) is 0 Å². The first-order valence-corrected chi connectivity index (χ1v) is 6.69. The van der Waals surface area contributed by atoms with Crippen molar-refractivity contribution in [3.05, 3.63) is 48.5 Å². The third-order valence-electron chi connectivity index (χ3n) is 3.09. The third-order valence-corrected chi connectivity index (χ3v) is 3.09. The van der Waals surface area contributed by atoms with Crippen molar-refractivity contribution in [1.82, 2.24) is 10.1 Å². The molecule has 0 aliphatic heterocycles. The predicted molar refractivity (Wildman–Crippen MR) is 82.6 cm³/mol. The number of nitrogens with zero attached hydrogens (tertiary/aromatic N) is 2. The first-order valence-electron chi connectivity index (χ1n) is 6.69. The molecule has 22 heavy (non-hydrogen) atoms. The number of rotatable bonds is 5. The van der Waals surface area contributed by atoms with Crippen molar-refractivity contribution in [2.75, 3.05) is 19.5 Å². The first-order chi connectivity index (χ1) is 10.8. The molecule has 112 valence electrons.